The Morgan fingerprint density at radius 3 is 1.29 bits per heavy atom. The standard InChI is InChI=1S/C9H25ClOSi3/c1-11-14(10,8-12(2,3)4)9-13(5,6)7/h8-9H2,1-7H3. The Morgan fingerprint density at radius 2 is 1.14 bits per heavy atom. The minimum Gasteiger partial charge on any atom is -0.407 e. The van der Waals surface area contributed by atoms with Crippen LogP contribution in [0.4, 0.5) is 0 Å². The van der Waals surface area contributed by atoms with Gasteiger partial charge in [-0.05, 0) is 11.3 Å². The van der Waals surface area contributed by atoms with Crippen LogP contribution in [0.5, 0.6) is 0 Å². The normalized spacial score (nSPS) is 14.6. The van der Waals surface area contributed by atoms with Crippen molar-refractivity contribution in [1.82, 2.24) is 0 Å². The number of hydrogen-bond acceptors (Lipinski definition) is 1. The second kappa shape index (κ2) is 4.82. The van der Waals surface area contributed by atoms with Crippen LogP contribution in [0.1, 0.15) is 0 Å². The highest BCUT2D eigenvalue weighted by Crippen LogP contribution is 2.31. The highest BCUT2D eigenvalue weighted by molar-refractivity contribution is 7.25. The lowest BCUT2D eigenvalue weighted by atomic mass is 11.7. The van der Waals surface area contributed by atoms with Crippen LogP contribution in [0.25, 0.3) is 0 Å². The molecule has 0 unspecified atom stereocenters. The first-order chi connectivity index (χ1) is 5.97. The minimum atomic E-state index is -1.90. The van der Waals surface area contributed by atoms with E-state index in [2.05, 4.69) is 39.3 Å². The first-order valence-electron chi connectivity index (χ1n) is 5.22. The third-order valence-electron chi connectivity index (χ3n) is 1.95. The van der Waals surface area contributed by atoms with Crippen LogP contribution < -0.4 is 0 Å². The molecule has 0 spiro atoms. The Kier molecular flexibility index (Phi) is 5.13. The van der Waals surface area contributed by atoms with Gasteiger partial charge in [-0.15, -0.1) is 11.1 Å². The Morgan fingerprint density at radius 1 is 0.857 bits per heavy atom. The molecular weight excluding hydrogens is 244 g/mol. The summed E-state index contributed by atoms with van der Waals surface area (Å²) in [5.41, 5.74) is 2.37. The van der Waals surface area contributed by atoms with Crippen molar-refractivity contribution < 1.29 is 4.43 Å². The quantitative estimate of drug-likeness (QED) is 0.540. The van der Waals surface area contributed by atoms with Crippen molar-refractivity contribution in [1.29, 1.82) is 0 Å². The Bertz CT molecular complexity index is 167. The Labute approximate surface area is 97.0 Å². The molecule has 0 aliphatic heterocycles. The van der Waals surface area contributed by atoms with Crippen LogP contribution in [-0.4, -0.2) is 30.9 Å². The molecule has 0 aromatic heterocycles. The van der Waals surface area contributed by atoms with Gasteiger partial charge in [0.1, 0.15) is 0 Å². The molecule has 0 rings (SSSR count). The lowest BCUT2D eigenvalue weighted by Gasteiger charge is -2.33. The van der Waals surface area contributed by atoms with Gasteiger partial charge in [0.15, 0.2) is 0 Å². The van der Waals surface area contributed by atoms with E-state index in [-0.39, 0.29) is 0 Å². The molecule has 0 aromatic rings. The van der Waals surface area contributed by atoms with Crippen LogP contribution in [0.15, 0.2) is 0 Å². The van der Waals surface area contributed by atoms with Gasteiger partial charge in [0.05, 0.1) is 0 Å². The average Bonchev–Trinajstić information content (AvgIpc) is 1.78. The van der Waals surface area contributed by atoms with Gasteiger partial charge in [-0.25, -0.2) is 0 Å². The maximum atomic E-state index is 6.68. The van der Waals surface area contributed by atoms with Gasteiger partial charge in [-0.2, -0.15) is 0 Å². The van der Waals surface area contributed by atoms with Crippen LogP contribution in [0.3, 0.4) is 0 Å². The van der Waals surface area contributed by atoms with Crippen molar-refractivity contribution in [2.45, 2.75) is 50.6 Å². The molecule has 0 aromatic carbocycles. The predicted octanol–water partition coefficient (Wildman–Crippen LogP) is 4.07. The van der Waals surface area contributed by atoms with Crippen molar-refractivity contribution >= 4 is 34.9 Å². The first kappa shape index (κ1) is 14.9. The van der Waals surface area contributed by atoms with Gasteiger partial charge >= 0.3 is 0 Å². The molecule has 0 fully saturated rings. The van der Waals surface area contributed by atoms with E-state index >= 15 is 0 Å². The molecule has 0 atom stereocenters. The van der Waals surface area contributed by atoms with Crippen LogP contribution in [-0.2, 0) is 4.43 Å². The molecule has 0 amide bonds. The fourth-order valence-corrected chi connectivity index (χ4v) is 24.5. The van der Waals surface area contributed by atoms with Gasteiger partial charge in [0.2, 0.25) is 0 Å². The zero-order chi connectivity index (χ0) is 11.6. The van der Waals surface area contributed by atoms with Gasteiger partial charge in [0, 0.05) is 23.3 Å². The van der Waals surface area contributed by atoms with Crippen LogP contribution in [0, 0.1) is 0 Å². The summed E-state index contributed by atoms with van der Waals surface area (Å²) in [6.45, 7) is 14.3. The smallest absolute Gasteiger partial charge is 0.284 e. The maximum absolute atomic E-state index is 6.68. The number of halogens is 1. The topological polar surface area (TPSA) is 9.23 Å². The lowest BCUT2D eigenvalue weighted by Crippen LogP contribution is -2.45. The second-order valence-corrected chi connectivity index (χ2v) is 23.9. The molecule has 86 valence electrons. The average molecular weight is 269 g/mol. The summed E-state index contributed by atoms with van der Waals surface area (Å²) < 4.78 is 5.66. The molecule has 5 heteroatoms. The third-order valence-corrected chi connectivity index (χ3v) is 18.3. The molecule has 0 aliphatic carbocycles. The number of rotatable bonds is 5. The van der Waals surface area contributed by atoms with E-state index < -0.39 is 23.8 Å². The molecule has 0 aliphatic rings. The Hall–Kier alpha value is 0.901. The van der Waals surface area contributed by atoms with Crippen molar-refractivity contribution in [3.63, 3.8) is 0 Å². The van der Waals surface area contributed by atoms with E-state index in [9.17, 15) is 0 Å². The summed E-state index contributed by atoms with van der Waals surface area (Å²) in [5.74, 6) is 0. The Balaban J connectivity index is 4.49. The van der Waals surface area contributed by atoms with Crippen molar-refractivity contribution in [2.75, 3.05) is 7.11 Å². The molecular formula is C9H25ClOSi3. The van der Waals surface area contributed by atoms with Gasteiger partial charge < -0.3 is 4.43 Å². The van der Waals surface area contributed by atoms with Crippen LogP contribution >= 0.6 is 11.1 Å². The van der Waals surface area contributed by atoms with E-state index in [0.29, 0.717) is 0 Å². The van der Waals surface area contributed by atoms with E-state index in [0.717, 1.165) is 0 Å². The molecule has 0 radical (unpaired) electrons. The molecule has 0 N–H and O–H groups in total. The lowest BCUT2D eigenvalue weighted by molar-refractivity contribution is 0.417. The summed E-state index contributed by atoms with van der Waals surface area (Å²) >= 11 is 6.68. The zero-order valence-electron chi connectivity index (χ0n) is 10.7. The van der Waals surface area contributed by atoms with E-state index in [1.165, 1.54) is 11.3 Å². The fourth-order valence-electron chi connectivity index (χ4n) is 1.79. The van der Waals surface area contributed by atoms with Crippen LogP contribution in [0.2, 0.25) is 50.6 Å². The van der Waals surface area contributed by atoms with Gasteiger partial charge in [-0.3, -0.25) is 0 Å². The van der Waals surface area contributed by atoms with Crippen molar-refractivity contribution in [2.24, 2.45) is 0 Å². The van der Waals surface area contributed by atoms with Crippen molar-refractivity contribution in [3.05, 3.63) is 0 Å². The molecule has 0 heterocycles. The molecule has 14 heavy (non-hydrogen) atoms. The molecule has 0 saturated heterocycles. The minimum absolute atomic E-state index is 1.09. The van der Waals surface area contributed by atoms with Crippen molar-refractivity contribution in [3.8, 4) is 0 Å². The summed E-state index contributed by atoms with van der Waals surface area (Å²) in [5, 5.41) is 0. The van der Waals surface area contributed by atoms with Gasteiger partial charge in [-0.1, -0.05) is 39.3 Å². The summed E-state index contributed by atoms with van der Waals surface area (Å²) in [7, 11) is -2.27. The van der Waals surface area contributed by atoms with E-state index in [1.807, 2.05) is 0 Å². The highest BCUT2D eigenvalue weighted by Gasteiger charge is 2.40. The monoisotopic (exact) mass is 268 g/mol. The molecule has 0 saturated carbocycles. The second-order valence-electron chi connectivity index (χ2n) is 6.56. The third kappa shape index (κ3) is 7.23. The number of hydrogen-bond donors (Lipinski definition) is 0. The predicted molar refractivity (Wildman–Crippen MR) is 74.9 cm³/mol. The summed E-state index contributed by atoms with van der Waals surface area (Å²) in [4.78, 5) is 0. The fraction of sp³-hybridized carbons (Fsp3) is 1.00. The SMILES string of the molecule is CO[Si](Cl)(C[Si](C)(C)C)C[Si](C)(C)C. The first-order valence-corrected chi connectivity index (χ1v) is 16.0. The van der Waals surface area contributed by atoms with E-state index in [4.69, 9.17) is 15.5 Å². The van der Waals surface area contributed by atoms with Gasteiger partial charge in [0.25, 0.3) is 7.63 Å². The highest BCUT2D eigenvalue weighted by atomic mass is 35.6. The molecule has 0 bridgehead atoms. The maximum Gasteiger partial charge on any atom is 0.284 e. The van der Waals surface area contributed by atoms with E-state index in [1.54, 1.807) is 7.11 Å². The molecule has 1 nitrogen and oxygen atoms in total. The largest absolute Gasteiger partial charge is 0.407 e. The summed E-state index contributed by atoms with van der Waals surface area (Å²) in [6, 6.07) is 0. The summed E-state index contributed by atoms with van der Waals surface area (Å²) in [6.07, 6.45) is 0. The zero-order valence-corrected chi connectivity index (χ0v) is 14.5.